The van der Waals surface area contributed by atoms with E-state index in [0.29, 0.717) is 0 Å². The van der Waals surface area contributed by atoms with Gasteiger partial charge in [0, 0.05) is 0 Å². The Morgan fingerprint density at radius 3 is 0.667 bits per heavy atom. The molecule has 0 rings (SSSR count). The molecule has 0 aromatic heterocycles. The summed E-state index contributed by atoms with van der Waals surface area (Å²) in [6.07, 6.45) is 39.6. The molecule has 0 saturated carbocycles. The lowest BCUT2D eigenvalue weighted by Gasteiger charge is -2.12. The summed E-state index contributed by atoms with van der Waals surface area (Å²) in [5.74, 6) is 1.93. The Labute approximate surface area is 212 Å². The van der Waals surface area contributed by atoms with Crippen LogP contribution in [0.25, 0.3) is 0 Å². The minimum atomic E-state index is 0.965. The van der Waals surface area contributed by atoms with E-state index in [1.807, 2.05) is 0 Å². The van der Waals surface area contributed by atoms with Gasteiger partial charge in [-0.2, -0.15) is 0 Å². The smallest absolute Gasteiger partial charge is 0.0443 e. The molecule has 0 nitrogen and oxygen atoms in total. The van der Waals surface area contributed by atoms with E-state index >= 15 is 0 Å². The Balaban J connectivity index is 3.23. The van der Waals surface area contributed by atoms with Gasteiger partial charge in [-0.25, -0.2) is 0 Å². The van der Waals surface area contributed by atoms with Crippen LogP contribution in [0.5, 0.6) is 0 Å². The minimum absolute atomic E-state index is 0.965. The molecule has 0 heterocycles. The third-order valence-corrected chi connectivity index (χ3v) is 7.99. The Morgan fingerprint density at radius 1 is 0.273 bits per heavy atom. The SMILES string of the molecule is CCCCCCCCCC[C@H](C)CCCCCCCCC[C@@H](C)CCCCCCCCCC. The van der Waals surface area contributed by atoms with Gasteiger partial charge in [-0.3, -0.25) is 0 Å². The van der Waals surface area contributed by atoms with E-state index in [-0.39, 0.29) is 0 Å². The monoisotopic (exact) mass is 465 g/mol. The molecule has 0 N–H and O–H groups in total. The van der Waals surface area contributed by atoms with Crippen LogP contribution in [0.4, 0.5) is 0 Å². The van der Waals surface area contributed by atoms with Crippen molar-refractivity contribution < 1.29 is 0 Å². The summed E-state index contributed by atoms with van der Waals surface area (Å²) in [6.45, 7) is 9.61. The number of hydrogen-bond acceptors (Lipinski definition) is 0. The second-order valence-electron chi connectivity index (χ2n) is 11.8. The molecule has 2 atom stereocenters. The average molecular weight is 465 g/mol. The van der Waals surface area contributed by atoms with Crippen molar-refractivity contribution in [1.29, 1.82) is 0 Å². The van der Waals surface area contributed by atoms with Crippen LogP contribution < -0.4 is 0 Å². The summed E-state index contributed by atoms with van der Waals surface area (Å²) in [5, 5.41) is 0. The molecule has 0 aliphatic rings. The third-order valence-electron chi connectivity index (χ3n) is 7.99. The van der Waals surface area contributed by atoms with Crippen molar-refractivity contribution in [2.24, 2.45) is 11.8 Å². The first-order chi connectivity index (χ1) is 16.2. The molecule has 33 heavy (non-hydrogen) atoms. The van der Waals surface area contributed by atoms with Crippen molar-refractivity contribution in [2.75, 3.05) is 0 Å². The van der Waals surface area contributed by atoms with Crippen molar-refractivity contribution in [3.8, 4) is 0 Å². The molecule has 0 heteroatoms. The van der Waals surface area contributed by atoms with Crippen LogP contribution in [0.3, 0.4) is 0 Å². The summed E-state index contributed by atoms with van der Waals surface area (Å²) < 4.78 is 0. The van der Waals surface area contributed by atoms with E-state index in [0.717, 1.165) is 11.8 Å². The third kappa shape index (κ3) is 28.1. The first kappa shape index (κ1) is 33.0. The average Bonchev–Trinajstić information content (AvgIpc) is 2.81. The van der Waals surface area contributed by atoms with Crippen molar-refractivity contribution >= 4 is 0 Å². The highest BCUT2D eigenvalue weighted by Gasteiger charge is 2.04. The maximum Gasteiger partial charge on any atom is -0.0443 e. The number of unbranched alkanes of at least 4 members (excludes halogenated alkanes) is 20. The highest BCUT2D eigenvalue weighted by atomic mass is 14.1. The zero-order valence-electron chi connectivity index (χ0n) is 24.2. The van der Waals surface area contributed by atoms with E-state index in [1.54, 1.807) is 0 Å². The van der Waals surface area contributed by atoms with Gasteiger partial charge in [0.2, 0.25) is 0 Å². The van der Waals surface area contributed by atoms with Gasteiger partial charge in [0.25, 0.3) is 0 Å². The van der Waals surface area contributed by atoms with Crippen molar-refractivity contribution in [3.63, 3.8) is 0 Å². The quantitative estimate of drug-likeness (QED) is 0.101. The second-order valence-corrected chi connectivity index (χ2v) is 11.8. The van der Waals surface area contributed by atoms with Crippen molar-refractivity contribution in [2.45, 2.75) is 201 Å². The maximum absolute atomic E-state index is 2.50. The lowest BCUT2D eigenvalue weighted by molar-refractivity contribution is 0.422. The molecule has 0 amide bonds. The van der Waals surface area contributed by atoms with Gasteiger partial charge in [-0.1, -0.05) is 201 Å². The summed E-state index contributed by atoms with van der Waals surface area (Å²) in [7, 11) is 0. The Hall–Kier alpha value is 0. The predicted molar refractivity (Wildman–Crippen MR) is 154 cm³/mol. The molecule has 0 bridgehead atoms. The van der Waals surface area contributed by atoms with Crippen LogP contribution in [0.15, 0.2) is 0 Å². The highest BCUT2D eigenvalue weighted by molar-refractivity contribution is 4.58. The van der Waals surface area contributed by atoms with E-state index in [4.69, 9.17) is 0 Å². The molecule has 0 spiro atoms. The van der Waals surface area contributed by atoms with Gasteiger partial charge in [0.15, 0.2) is 0 Å². The summed E-state index contributed by atoms with van der Waals surface area (Å²) in [6, 6.07) is 0. The molecule has 0 aliphatic carbocycles. The van der Waals surface area contributed by atoms with Gasteiger partial charge in [-0.05, 0) is 11.8 Å². The molecular formula is C33H68. The van der Waals surface area contributed by atoms with Crippen LogP contribution in [0, 0.1) is 11.8 Å². The lowest BCUT2D eigenvalue weighted by atomic mass is 9.95. The van der Waals surface area contributed by atoms with E-state index in [2.05, 4.69) is 27.7 Å². The van der Waals surface area contributed by atoms with E-state index in [9.17, 15) is 0 Å². The van der Waals surface area contributed by atoms with Crippen LogP contribution in [-0.2, 0) is 0 Å². The molecular weight excluding hydrogens is 396 g/mol. The molecule has 0 radical (unpaired) electrons. The molecule has 0 aromatic rings. The summed E-state index contributed by atoms with van der Waals surface area (Å²) in [4.78, 5) is 0. The first-order valence-electron chi connectivity index (χ1n) is 16.2. The van der Waals surface area contributed by atoms with Crippen LogP contribution >= 0.6 is 0 Å². The molecule has 200 valence electrons. The first-order valence-corrected chi connectivity index (χ1v) is 16.2. The van der Waals surface area contributed by atoms with E-state index in [1.165, 1.54) is 173 Å². The lowest BCUT2D eigenvalue weighted by Crippen LogP contribution is -1.96. The topological polar surface area (TPSA) is 0 Å². The fourth-order valence-corrected chi connectivity index (χ4v) is 5.41. The fourth-order valence-electron chi connectivity index (χ4n) is 5.41. The largest absolute Gasteiger partial charge is 0.0654 e. The Bertz CT molecular complexity index is 301. The molecule has 0 aromatic carbocycles. The predicted octanol–water partition coefficient (Wildman–Crippen LogP) is 12.8. The fraction of sp³-hybridized carbons (Fsp3) is 1.00. The van der Waals surface area contributed by atoms with Crippen LogP contribution in [-0.4, -0.2) is 0 Å². The van der Waals surface area contributed by atoms with Crippen LogP contribution in [0.1, 0.15) is 201 Å². The molecule has 0 fully saturated rings. The van der Waals surface area contributed by atoms with Gasteiger partial charge in [0.05, 0.1) is 0 Å². The molecule has 0 saturated heterocycles. The highest BCUT2D eigenvalue weighted by Crippen LogP contribution is 2.20. The van der Waals surface area contributed by atoms with Gasteiger partial charge >= 0.3 is 0 Å². The number of rotatable bonds is 28. The zero-order valence-corrected chi connectivity index (χ0v) is 24.2. The van der Waals surface area contributed by atoms with Gasteiger partial charge < -0.3 is 0 Å². The summed E-state index contributed by atoms with van der Waals surface area (Å²) in [5.41, 5.74) is 0. The summed E-state index contributed by atoms with van der Waals surface area (Å²) >= 11 is 0. The Morgan fingerprint density at radius 2 is 0.455 bits per heavy atom. The van der Waals surface area contributed by atoms with E-state index < -0.39 is 0 Å². The normalized spacial score (nSPS) is 13.5. The second kappa shape index (κ2) is 28.2. The zero-order chi connectivity index (χ0) is 24.2. The molecule has 0 unspecified atom stereocenters. The van der Waals surface area contributed by atoms with Crippen LogP contribution in [0.2, 0.25) is 0 Å². The van der Waals surface area contributed by atoms with Crippen molar-refractivity contribution in [1.82, 2.24) is 0 Å². The van der Waals surface area contributed by atoms with Crippen molar-refractivity contribution in [3.05, 3.63) is 0 Å². The maximum atomic E-state index is 2.50. The minimum Gasteiger partial charge on any atom is -0.0654 e. The van der Waals surface area contributed by atoms with Gasteiger partial charge in [-0.15, -0.1) is 0 Å². The Kier molecular flexibility index (Phi) is 28.2. The molecule has 0 aliphatic heterocycles. The standard InChI is InChI=1S/C33H68/c1-5-7-9-11-13-16-20-24-28-32(3)30-26-22-18-15-19-23-27-31-33(4)29-25-21-17-14-12-10-8-6-2/h32-33H,5-31H2,1-4H3/t32-,33-/m0/s1. The number of hydrogen-bond donors (Lipinski definition) is 0. The van der Waals surface area contributed by atoms with Gasteiger partial charge in [0.1, 0.15) is 0 Å².